The number of benzene rings is 2. The molecule has 2 fully saturated rings. The smallest absolute Gasteiger partial charge is 0.244 e. The van der Waals surface area contributed by atoms with E-state index in [1.165, 1.54) is 21.6 Å². The van der Waals surface area contributed by atoms with E-state index in [1.807, 2.05) is 6.92 Å². The average Bonchev–Trinajstić information content (AvgIpc) is 3.32. The lowest BCUT2D eigenvalue weighted by Crippen LogP contribution is -2.61. The largest absolute Gasteiger partial charge is 0.494 e. The molecule has 71 heavy (non-hydrogen) atoms. The second-order valence-corrected chi connectivity index (χ2v) is 20.9. The van der Waals surface area contributed by atoms with Gasteiger partial charge in [-0.15, -0.1) is 0 Å². The monoisotopic (exact) mass is 1020 g/mol. The number of hydrogen-bond donors (Lipinski definition) is 11. The Morgan fingerprint density at radius 2 is 1.42 bits per heavy atom. The summed E-state index contributed by atoms with van der Waals surface area (Å²) < 4.78 is 4.96. The highest BCUT2D eigenvalue weighted by Gasteiger charge is 2.39. The lowest BCUT2D eigenvalue weighted by Gasteiger charge is -2.36. The summed E-state index contributed by atoms with van der Waals surface area (Å²) in [5.41, 5.74) is 23.6. The van der Waals surface area contributed by atoms with E-state index < -0.39 is 101 Å². The van der Waals surface area contributed by atoms with Crippen LogP contribution >= 0.6 is 21.6 Å². The number of carbonyl (C=O) groups is 8. The number of hydrogen-bond acceptors (Lipinski definition) is 13. The first kappa shape index (κ1) is 57.5. The molecule has 390 valence electrons. The van der Waals surface area contributed by atoms with Gasteiger partial charge in [0.05, 0.1) is 13.0 Å². The number of guanidine groups is 1. The first-order valence-electron chi connectivity index (χ1n) is 24.1. The van der Waals surface area contributed by atoms with Gasteiger partial charge in [0.1, 0.15) is 42.0 Å². The highest BCUT2D eigenvalue weighted by atomic mass is 33.1. The number of carbonyl (C=O) groups excluding carboxylic acids is 8. The number of primary amides is 1. The summed E-state index contributed by atoms with van der Waals surface area (Å²) >= 11 is 0. The number of nitrogens with zero attached hydrogens (tertiary/aromatic N) is 1. The Labute approximate surface area is 423 Å². The molecule has 1 spiro atoms. The van der Waals surface area contributed by atoms with Crippen molar-refractivity contribution in [3.05, 3.63) is 65.7 Å². The third kappa shape index (κ3) is 19.6. The van der Waals surface area contributed by atoms with Crippen LogP contribution in [0, 0.1) is 5.92 Å². The first-order chi connectivity index (χ1) is 33.9. The zero-order valence-corrected chi connectivity index (χ0v) is 42.4. The average molecular weight is 1030 g/mol. The third-order valence-electron chi connectivity index (χ3n) is 11.9. The van der Waals surface area contributed by atoms with Crippen molar-refractivity contribution in [3.63, 3.8) is 0 Å². The van der Waals surface area contributed by atoms with Crippen LogP contribution < -0.4 is 64.9 Å². The number of aliphatic imine (C=N–C) groups is 1. The Morgan fingerprint density at radius 3 is 2.04 bits per heavy atom. The highest BCUT2D eigenvalue weighted by Crippen LogP contribution is 2.48. The number of rotatable bonds is 18. The van der Waals surface area contributed by atoms with Gasteiger partial charge >= 0.3 is 0 Å². The summed E-state index contributed by atoms with van der Waals surface area (Å²) in [7, 11) is 2.62. The van der Waals surface area contributed by atoms with Gasteiger partial charge in [0.15, 0.2) is 5.96 Å². The van der Waals surface area contributed by atoms with Crippen LogP contribution in [0.2, 0.25) is 0 Å². The fourth-order valence-corrected chi connectivity index (χ4v) is 11.6. The standard InChI is InChI=1S/C48H72N12O9S2/c1-4-69-32-17-15-31(16-18-32)25-34-42(64)57-35(24-30-12-7-5-8-13-30)44(66)60-40(29(2)3)46(68)58-36(26-38(50)61)43(65)59-37(28-70-71-48(27-39(62)55-34)19-9-6-10-20-48)45(67)56-33(41(63)53-23-21-49)14-11-22-54-47(51)52/h5,7-8,12-13,15-18,29,33-37,40H,4,6,9-11,14,19-28,49H2,1-3H3,(H2,50,61)(H,53,63)(H,55,62)(H,56,67)(H,57,64)(H,58,68)(H,59,65)(H,60,66)(H4,51,52,54)/t33-,34?,35?,36-,37?,40-/m0/s1. The third-order valence-corrected chi connectivity index (χ3v) is 15.2. The molecule has 8 amide bonds. The van der Waals surface area contributed by atoms with E-state index in [-0.39, 0.29) is 57.0 Å². The molecule has 1 aliphatic carbocycles. The minimum atomic E-state index is -1.61. The Hall–Kier alpha value is -6.07. The molecule has 0 aromatic heterocycles. The van der Waals surface area contributed by atoms with Crippen molar-refractivity contribution in [2.24, 2.45) is 33.8 Å². The molecule has 1 aliphatic heterocycles. The van der Waals surface area contributed by atoms with Gasteiger partial charge in [0.2, 0.25) is 47.3 Å². The van der Waals surface area contributed by atoms with E-state index >= 15 is 0 Å². The van der Waals surface area contributed by atoms with Gasteiger partial charge in [-0.25, -0.2) is 0 Å². The SMILES string of the molecule is CCOc1ccc(CC2NC(=O)CC3(CCCCC3)SSCC(C(=O)N[C@@H](CCCN=C(N)N)C(=O)NCCN)NC(=O)[C@H](CC(N)=O)NC(=O)[C@H](C(C)C)NC(=O)C(Cc3ccccc3)NC2=O)cc1. The molecule has 2 aliphatic rings. The number of amides is 8. The molecule has 4 rings (SSSR count). The minimum absolute atomic E-state index is 0.00313. The Balaban J connectivity index is 1.78. The predicted octanol–water partition coefficient (Wildman–Crippen LogP) is -0.0728. The molecule has 1 saturated heterocycles. The molecule has 1 heterocycles. The van der Waals surface area contributed by atoms with Crippen LogP contribution in [0.4, 0.5) is 0 Å². The van der Waals surface area contributed by atoms with Crippen LogP contribution in [0.3, 0.4) is 0 Å². The maximum Gasteiger partial charge on any atom is 0.244 e. The molecule has 0 radical (unpaired) electrons. The molecular formula is C48H72N12O9S2. The molecule has 6 atom stereocenters. The van der Waals surface area contributed by atoms with Crippen molar-refractivity contribution < 1.29 is 43.1 Å². The summed E-state index contributed by atoms with van der Waals surface area (Å²) in [5, 5.41) is 19.3. The number of nitrogens with two attached hydrogens (primary N) is 4. The van der Waals surface area contributed by atoms with Crippen molar-refractivity contribution in [1.82, 2.24) is 37.2 Å². The lowest BCUT2D eigenvalue weighted by atomic mass is 9.85. The van der Waals surface area contributed by atoms with Gasteiger partial charge in [-0.05, 0) is 61.8 Å². The van der Waals surface area contributed by atoms with Crippen molar-refractivity contribution >= 4 is 74.8 Å². The number of ether oxygens (including phenoxy) is 1. The van der Waals surface area contributed by atoms with Crippen LogP contribution in [-0.2, 0) is 51.2 Å². The van der Waals surface area contributed by atoms with E-state index in [4.69, 9.17) is 27.7 Å². The maximum absolute atomic E-state index is 14.6. The van der Waals surface area contributed by atoms with Crippen LogP contribution in [0.5, 0.6) is 5.75 Å². The topological polar surface area (TPSA) is 346 Å². The molecule has 15 N–H and O–H groups in total. The van der Waals surface area contributed by atoms with Gasteiger partial charge in [-0.1, -0.05) is 97.2 Å². The van der Waals surface area contributed by atoms with E-state index in [0.29, 0.717) is 42.7 Å². The molecular weight excluding hydrogens is 953 g/mol. The summed E-state index contributed by atoms with van der Waals surface area (Å²) in [6.07, 6.45) is 3.58. The summed E-state index contributed by atoms with van der Waals surface area (Å²) in [6, 6.07) is 8.29. The zero-order chi connectivity index (χ0) is 51.9. The van der Waals surface area contributed by atoms with Crippen LogP contribution in [0.15, 0.2) is 59.6 Å². The Bertz CT molecular complexity index is 2140. The first-order valence-corrected chi connectivity index (χ1v) is 26.4. The summed E-state index contributed by atoms with van der Waals surface area (Å²) in [6.45, 7) is 6.05. The van der Waals surface area contributed by atoms with Crippen molar-refractivity contribution in [2.45, 2.75) is 132 Å². The van der Waals surface area contributed by atoms with Crippen LogP contribution in [0.25, 0.3) is 0 Å². The van der Waals surface area contributed by atoms with Crippen LogP contribution in [-0.4, -0.2) is 126 Å². The van der Waals surface area contributed by atoms with E-state index in [1.54, 1.807) is 68.4 Å². The lowest BCUT2D eigenvalue weighted by molar-refractivity contribution is -0.136. The molecule has 0 bridgehead atoms. The molecule has 2 aromatic carbocycles. The summed E-state index contributed by atoms with van der Waals surface area (Å²) in [5.74, 6) is -6.03. The van der Waals surface area contributed by atoms with E-state index in [2.05, 4.69) is 42.2 Å². The van der Waals surface area contributed by atoms with E-state index in [0.717, 1.165) is 19.3 Å². The molecule has 23 heteroatoms. The normalized spacial score (nSPS) is 22.0. The second-order valence-electron chi connectivity index (χ2n) is 18.1. The fraction of sp³-hybridized carbons (Fsp3) is 0.562. The van der Waals surface area contributed by atoms with Gasteiger partial charge < -0.3 is 64.9 Å². The molecule has 1 saturated carbocycles. The van der Waals surface area contributed by atoms with Gasteiger partial charge in [0, 0.05) is 49.4 Å². The maximum atomic E-state index is 14.6. The minimum Gasteiger partial charge on any atom is -0.494 e. The Kier molecular flexibility index (Phi) is 23.7. The van der Waals surface area contributed by atoms with Crippen LogP contribution in [0.1, 0.15) is 89.7 Å². The van der Waals surface area contributed by atoms with Gasteiger partial charge in [0.25, 0.3) is 0 Å². The molecule has 3 unspecified atom stereocenters. The second kappa shape index (κ2) is 29.3. The van der Waals surface area contributed by atoms with Crippen molar-refractivity contribution in [3.8, 4) is 5.75 Å². The van der Waals surface area contributed by atoms with Crippen molar-refractivity contribution in [2.75, 3.05) is 32.0 Å². The predicted molar refractivity (Wildman–Crippen MR) is 274 cm³/mol. The molecule has 21 nitrogen and oxygen atoms in total. The highest BCUT2D eigenvalue weighted by molar-refractivity contribution is 8.77. The molecule has 2 aromatic rings. The number of nitrogens with one attached hydrogen (secondary N) is 7. The quantitative estimate of drug-likeness (QED) is 0.0403. The Morgan fingerprint density at radius 1 is 0.803 bits per heavy atom. The zero-order valence-electron chi connectivity index (χ0n) is 40.8. The van der Waals surface area contributed by atoms with E-state index in [9.17, 15) is 38.4 Å². The van der Waals surface area contributed by atoms with Gasteiger partial charge in [-0.2, -0.15) is 0 Å². The fourth-order valence-electron chi connectivity index (χ4n) is 8.19. The van der Waals surface area contributed by atoms with Gasteiger partial charge in [-0.3, -0.25) is 43.3 Å². The summed E-state index contributed by atoms with van der Waals surface area (Å²) in [4.78, 5) is 116. The van der Waals surface area contributed by atoms with Crippen molar-refractivity contribution in [1.29, 1.82) is 0 Å².